The third-order valence-corrected chi connectivity index (χ3v) is 3.30. The Balaban J connectivity index is 1.85. The van der Waals surface area contributed by atoms with Gasteiger partial charge in [-0.2, -0.15) is 0 Å². The first-order chi connectivity index (χ1) is 10.1. The van der Waals surface area contributed by atoms with E-state index in [2.05, 4.69) is 5.32 Å². The van der Waals surface area contributed by atoms with Crippen LogP contribution in [0, 0.1) is 5.92 Å². The minimum atomic E-state index is -1.04. The van der Waals surface area contributed by atoms with Crippen LogP contribution in [0.5, 0.6) is 5.75 Å². The number of benzene rings is 1. The van der Waals surface area contributed by atoms with Gasteiger partial charge >= 0.3 is 5.97 Å². The van der Waals surface area contributed by atoms with Gasteiger partial charge in [-0.05, 0) is 30.9 Å². The van der Waals surface area contributed by atoms with Crippen molar-refractivity contribution in [2.75, 3.05) is 25.1 Å². The Labute approximate surface area is 123 Å². The van der Waals surface area contributed by atoms with E-state index in [4.69, 9.17) is 14.6 Å². The molecule has 0 bridgehead atoms. The van der Waals surface area contributed by atoms with Crippen molar-refractivity contribution < 1.29 is 24.2 Å². The summed E-state index contributed by atoms with van der Waals surface area (Å²) in [6, 6.07) is 6.72. The molecule has 21 heavy (non-hydrogen) atoms. The molecule has 1 aromatic rings. The molecule has 6 nitrogen and oxygen atoms in total. The summed E-state index contributed by atoms with van der Waals surface area (Å²) < 4.78 is 10.3. The van der Waals surface area contributed by atoms with Gasteiger partial charge in [-0.3, -0.25) is 4.79 Å². The van der Waals surface area contributed by atoms with Crippen LogP contribution >= 0.6 is 0 Å². The van der Waals surface area contributed by atoms with Crippen LogP contribution in [0.1, 0.15) is 19.3 Å². The van der Waals surface area contributed by atoms with Gasteiger partial charge in [0.2, 0.25) is 5.91 Å². The minimum absolute atomic E-state index is 0.0442. The molecule has 1 amide bonds. The van der Waals surface area contributed by atoms with Crippen molar-refractivity contribution in [2.24, 2.45) is 5.92 Å². The normalized spacial score (nSPS) is 15.4. The molecule has 114 valence electrons. The molecule has 2 N–H and O–H groups in total. The number of carboxylic acid groups (broad SMARTS) is 1. The number of hydrogen-bond donors (Lipinski definition) is 2. The largest absolute Gasteiger partial charge is 0.482 e. The third-order valence-electron chi connectivity index (χ3n) is 3.30. The molecule has 0 radical (unpaired) electrons. The smallest absolute Gasteiger partial charge is 0.341 e. The molecule has 0 unspecified atom stereocenters. The van der Waals surface area contributed by atoms with E-state index in [0.717, 1.165) is 26.1 Å². The Bertz CT molecular complexity index is 497. The maximum atomic E-state index is 12.0. The Kier molecular flexibility index (Phi) is 5.57. The van der Waals surface area contributed by atoms with E-state index in [-0.39, 0.29) is 5.91 Å². The van der Waals surface area contributed by atoms with Crippen LogP contribution in [0.25, 0.3) is 0 Å². The van der Waals surface area contributed by atoms with Crippen molar-refractivity contribution in [1.29, 1.82) is 0 Å². The van der Waals surface area contributed by atoms with Gasteiger partial charge in [-0.1, -0.05) is 6.07 Å². The Hall–Kier alpha value is -2.08. The van der Waals surface area contributed by atoms with Gasteiger partial charge in [0.1, 0.15) is 5.75 Å². The highest BCUT2D eigenvalue weighted by Gasteiger charge is 2.17. The van der Waals surface area contributed by atoms with E-state index in [1.807, 2.05) is 0 Å². The summed E-state index contributed by atoms with van der Waals surface area (Å²) in [5, 5.41) is 11.4. The molecule has 0 aliphatic carbocycles. The van der Waals surface area contributed by atoms with Gasteiger partial charge in [0.05, 0.1) is 0 Å². The SMILES string of the molecule is O=C(O)COc1cccc(NC(=O)CC2CCOCC2)c1. The fourth-order valence-corrected chi connectivity index (χ4v) is 2.23. The highest BCUT2D eigenvalue weighted by Crippen LogP contribution is 2.21. The molecule has 1 heterocycles. The summed E-state index contributed by atoms with van der Waals surface area (Å²) >= 11 is 0. The zero-order valence-corrected chi connectivity index (χ0v) is 11.7. The van der Waals surface area contributed by atoms with Crippen LogP contribution in [0.4, 0.5) is 5.69 Å². The van der Waals surface area contributed by atoms with E-state index >= 15 is 0 Å². The number of hydrogen-bond acceptors (Lipinski definition) is 4. The highest BCUT2D eigenvalue weighted by atomic mass is 16.5. The number of carbonyl (C=O) groups is 2. The van der Waals surface area contributed by atoms with Gasteiger partial charge in [0.15, 0.2) is 6.61 Å². The lowest BCUT2D eigenvalue weighted by molar-refractivity contribution is -0.139. The zero-order valence-electron chi connectivity index (χ0n) is 11.7. The van der Waals surface area contributed by atoms with Crippen LogP contribution in [0.2, 0.25) is 0 Å². The maximum absolute atomic E-state index is 12.0. The monoisotopic (exact) mass is 293 g/mol. The topological polar surface area (TPSA) is 84.9 Å². The molecule has 1 saturated heterocycles. The second-order valence-electron chi connectivity index (χ2n) is 5.02. The number of anilines is 1. The summed E-state index contributed by atoms with van der Waals surface area (Å²) in [6.07, 6.45) is 2.30. The molecular weight excluding hydrogens is 274 g/mol. The van der Waals surface area contributed by atoms with E-state index in [9.17, 15) is 9.59 Å². The molecule has 2 rings (SSSR count). The van der Waals surface area contributed by atoms with E-state index in [0.29, 0.717) is 23.8 Å². The van der Waals surface area contributed by atoms with Crippen molar-refractivity contribution in [3.05, 3.63) is 24.3 Å². The Morgan fingerprint density at radius 3 is 2.81 bits per heavy atom. The van der Waals surface area contributed by atoms with Gasteiger partial charge in [-0.15, -0.1) is 0 Å². The van der Waals surface area contributed by atoms with Crippen LogP contribution < -0.4 is 10.1 Å². The van der Waals surface area contributed by atoms with E-state index in [1.54, 1.807) is 24.3 Å². The molecule has 1 aliphatic heterocycles. The number of carbonyl (C=O) groups excluding carboxylic acids is 1. The quantitative estimate of drug-likeness (QED) is 0.837. The predicted octanol–water partition coefficient (Wildman–Crippen LogP) is 1.91. The molecule has 0 spiro atoms. The first-order valence-electron chi connectivity index (χ1n) is 6.96. The predicted molar refractivity (Wildman–Crippen MR) is 76.4 cm³/mol. The lowest BCUT2D eigenvalue weighted by atomic mass is 9.96. The molecule has 1 fully saturated rings. The Morgan fingerprint density at radius 2 is 2.10 bits per heavy atom. The minimum Gasteiger partial charge on any atom is -0.482 e. The average molecular weight is 293 g/mol. The van der Waals surface area contributed by atoms with Gasteiger partial charge in [0.25, 0.3) is 0 Å². The maximum Gasteiger partial charge on any atom is 0.341 e. The van der Waals surface area contributed by atoms with Crippen LogP contribution in [-0.2, 0) is 14.3 Å². The number of amides is 1. The van der Waals surface area contributed by atoms with Crippen molar-refractivity contribution in [3.8, 4) is 5.75 Å². The summed E-state index contributed by atoms with van der Waals surface area (Å²) in [6.45, 7) is 1.03. The lowest BCUT2D eigenvalue weighted by Gasteiger charge is -2.21. The molecule has 0 atom stereocenters. The number of carboxylic acids is 1. The van der Waals surface area contributed by atoms with E-state index < -0.39 is 12.6 Å². The fourth-order valence-electron chi connectivity index (χ4n) is 2.23. The number of nitrogens with one attached hydrogen (secondary N) is 1. The summed E-state index contributed by atoms with van der Waals surface area (Å²) in [5.41, 5.74) is 0.606. The van der Waals surface area contributed by atoms with Gasteiger partial charge < -0.3 is 19.9 Å². The van der Waals surface area contributed by atoms with Crippen LogP contribution in [0.15, 0.2) is 24.3 Å². The lowest BCUT2D eigenvalue weighted by Crippen LogP contribution is -2.22. The number of ether oxygens (including phenoxy) is 2. The fraction of sp³-hybridized carbons (Fsp3) is 0.467. The Morgan fingerprint density at radius 1 is 1.33 bits per heavy atom. The van der Waals surface area contributed by atoms with Gasteiger partial charge in [0, 0.05) is 31.4 Å². The number of aliphatic carboxylic acids is 1. The first kappa shape index (κ1) is 15.3. The average Bonchev–Trinajstić information content (AvgIpc) is 2.46. The van der Waals surface area contributed by atoms with Crippen molar-refractivity contribution in [2.45, 2.75) is 19.3 Å². The van der Waals surface area contributed by atoms with E-state index in [1.165, 1.54) is 0 Å². The summed E-state index contributed by atoms with van der Waals surface area (Å²) in [5.74, 6) is -0.298. The molecule has 0 aromatic heterocycles. The highest BCUT2D eigenvalue weighted by molar-refractivity contribution is 5.91. The molecule has 1 aromatic carbocycles. The standard InChI is InChI=1S/C15H19NO5/c17-14(8-11-4-6-20-7-5-11)16-12-2-1-3-13(9-12)21-10-15(18)19/h1-3,9,11H,4-8,10H2,(H,16,17)(H,18,19). The zero-order chi connectivity index (χ0) is 15.1. The van der Waals surface area contributed by atoms with Crippen molar-refractivity contribution in [1.82, 2.24) is 0 Å². The molecular formula is C15H19NO5. The van der Waals surface area contributed by atoms with Crippen molar-refractivity contribution in [3.63, 3.8) is 0 Å². The molecule has 1 aliphatic rings. The first-order valence-corrected chi connectivity index (χ1v) is 6.96. The second kappa shape index (κ2) is 7.64. The molecule has 6 heteroatoms. The summed E-state index contributed by atoms with van der Waals surface area (Å²) in [7, 11) is 0. The van der Waals surface area contributed by atoms with Crippen LogP contribution in [0.3, 0.4) is 0 Å². The number of rotatable bonds is 6. The van der Waals surface area contributed by atoms with Crippen LogP contribution in [-0.4, -0.2) is 36.8 Å². The molecule has 0 saturated carbocycles. The van der Waals surface area contributed by atoms with Gasteiger partial charge in [-0.25, -0.2) is 4.79 Å². The van der Waals surface area contributed by atoms with Crippen molar-refractivity contribution >= 4 is 17.6 Å². The second-order valence-corrected chi connectivity index (χ2v) is 5.02. The summed E-state index contributed by atoms with van der Waals surface area (Å²) in [4.78, 5) is 22.4. The third kappa shape index (κ3) is 5.43.